The number of hydrogen-bond donors (Lipinski definition) is 2. The second-order valence-electron chi connectivity index (χ2n) is 3.29. The highest BCUT2D eigenvalue weighted by atomic mass is 35.5. The minimum Gasteiger partial charge on any atom is -0.388 e. The number of aliphatic hydroxyl groups is 2. The van der Waals surface area contributed by atoms with E-state index in [1.165, 1.54) is 0 Å². The summed E-state index contributed by atoms with van der Waals surface area (Å²) in [6.45, 7) is 1.43. The molecule has 0 spiro atoms. The van der Waals surface area contributed by atoms with E-state index in [-0.39, 0.29) is 19.6 Å². The molecule has 0 amide bonds. The van der Waals surface area contributed by atoms with E-state index in [9.17, 15) is 5.11 Å². The van der Waals surface area contributed by atoms with Gasteiger partial charge in [-0.2, -0.15) is 0 Å². The number of rotatable bonds is 10. The zero-order valence-corrected chi connectivity index (χ0v) is 17.1. The summed E-state index contributed by atoms with van der Waals surface area (Å²) in [4.78, 5) is 0. The summed E-state index contributed by atoms with van der Waals surface area (Å²) in [5.74, 6) is 0.667. The summed E-state index contributed by atoms with van der Waals surface area (Å²) in [5, 5.41) is 16.9. The van der Waals surface area contributed by atoms with Gasteiger partial charge in [-0.25, -0.2) is 0 Å². The Balaban J connectivity index is 0. The first kappa shape index (κ1) is 24.9. The molecule has 0 saturated carbocycles. The monoisotopic (exact) mass is 430 g/mol. The van der Waals surface area contributed by atoms with Crippen LogP contribution >= 0.6 is 33.7 Å². The second-order valence-corrected chi connectivity index (χ2v) is 7.50. The standard InChI is InChI=1S/C5H10O3P2S2.C3H5ClO.CH3OPS/c6-5(1-7-3-9-11)2-8-4-10-12;4-1-3-2-5-3;2-1-3-4/h5-6H,1-4H2;3H,1-2H2;2H,1H2. The van der Waals surface area contributed by atoms with Gasteiger partial charge in [-0.1, -0.05) is 35.4 Å². The van der Waals surface area contributed by atoms with E-state index in [4.69, 9.17) is 30.9 Å². The molecule has 0 aromatic rings. The molecule has 1 fully saturated rings. The molecule has 124 valence electrons. The van der Waals surface area contributed by atoms with Crippen molar-refractivity contribution >= 4 is 69.1 Å². The highest BCUT2D eigenvalue weighted by Crippen LogP contribution is 2.08. The number of halogens is 1. The predicted octanol–water partition coefficient (Wildman–Crippen LogP) is 2.08. The summed E-state index contributed by atoms with van der Waals surface area (Å²) < 4.78 is 14.7. The smallest absolute Gasteiger partial charge is 0.101 e. The largest absolute Gasteiger partial charge is 0.388 e. The van der Waals surface area contributed by atoms with E-state index in [2.05, 4.69) is 35.4 Å². The zero-order chi connectivity index (χ0) is 16.3. The lowest BCUT2D eigenvalue weighted by Gasteiger charge is -2.08. The molecule has 0 aliphatic carbocycles. The molecule has 12 heteroatoms. The molecule has 1 rings (SSSR count). The van der Waals surface area contributed by atoms with Crippen LogP contribution in [0, 0.1) is 0 Å². The van der Waals surface area contributed by atoms with Crippen LogP contribution in [0.5, 0.6) is 0 Å². The molecule has 1 unspecified atom stereocenters. The summed E-state index contributed by atoms with van der Waals surface area (Å²) in [7, 11) is 2.15. The fourth-order valence-corrected chi connectivity index (χ4v) is 1.64. The maximum Gasteiger partial charge on any atom is 0.101 e. The van der Waals surface area contributed by atoms with Gasteiger partial charge in [0.05, 0.1) is 50.8 Å². The molecule has 1 heterocycles. The first-order valence-electron chi connectivity index (χ1n) is 5.65. The van der Waals surface area contributed by atoms with E-state index in [0.717, 1.165) is 21.3 Å². The molecular weight excluding hydrogens is 413 g/mol. The molecule has 1 aliphatic rings. The van der Waals surface area contributed by atoms with E-state index in [1.54, 1.807) is 0 Å². The SMILES string of the molecule is ClCC1CO1.OC(COCP=S)COCP=S.OCP=S. The first-order chi connectivity index (χ1) is 10.2. The van der Waals surface area contributed by atoms with Gasteiger partial charge in [0.2, 0.25) is 0 Å². The Kier molecular flexibility index (Phi) is 25.7. The van der Waals surface area contributed by atoms with Crippen molar-refractivity contribution in [1.82, 2.24) is 0 Å². The van der Waals surface area contributed by atoms with Crippen molar-refractivity contribution in [3.05, 3.63) is 0 Å². The second kappa shape index (κ2) is 21.6. The number of aliphatic hydroxyl groups excluding tert-OH is 2. The topological polar surface area (TPSA) is 71.5 Å². The van der Waals surface area contributed by atoms with E-state index >= 15 is 0 Å². The van der Waals surface area contributed by atoms with E-state index in [0.29, 0.717) is 32.0 Å². The van der Waals surface area contributed by atoms with Gasteiger partial charge in [0, 0.05) is 22.1 Å². The number of epoxide rings is 1. The van der Waals surface area contributed by atoms with Crippen LogP contribution < -0.4 is 0 Å². The van der Waals surface area contributed by atoms with Crippen molar-refractivity contribution in [2.75, 3.05) is 44.7 Å². The Hall–Kier alpha value is 1.65. The number of hydrogen-bond acceptors (Lipinski definition) is 8. The van der Waals surface area contributed by atoms with Crippen LogP contribution in [0.3, 0.4) is 0 Å². The molecular formula is C9H18ClO5P3S3. The average Bonchev–Trinajstić information content (AvgIpc) is 3.33. The van der Waals surface area contributed by atoms with Crippen molar-refractivity contribution in [2.45, 2.75) is 12.2 Å². The van der Waals surface area contributed by atoms with E-state index < -0.39 is 6.10 Å². The number of ether oxygens (including phenoxy) is 3. The van der Waals surface area contributed by atoms with Crippen LogP contribution in [-0.4, -0.2) is 67.2 Å². The molecule has 1 saturated heterocycles. The Bertz CT molecular complexity index is 251. The van der Waals surface area contributed by atoms with Crippen LogP contribution in [-0.2, 0) is 49.6 Å². The summed E-state index contributed by atoms with van der Waals surface area (Å²) in [6.07, 6.45) is 0.891. The summed E-state index contributed by atoms with van der Waals surface area (Å²) in [6, 6.07) is 0. The molecule has 0 radical (unpaired) electrons. The average molecular weight is 431 g/mol. The van der Waals surface area contributed by atoms with Crippen LogP contribution in [0.1, 0.15) is 0 Å². The molecule has 0 aromatic heterocycles. The third kappa shape index (κ3) is 26.8. The lowest BCUT2D eigenvalue weighted by Crippen LogP contribution is -2.21. The third-order valence-electron chi connectivity index (χ3n) is 1.54. The zero-order valence-electron chi connectivity index (χ0n) is 11.2. The molecule has 1 aliphatic heterocycles. The highest BCUT2D eigenvalue weighted by molar-refractivity contribution is 7.96. The van der Waals surface area contributed by atoms with Crippen LogP contribution in [0.4, 0.5) is 0 Å². The van der Waals surface area contributed by atoms with Gasteiger partial charge < -0.3 is 24.4 Å². The van der Waals surface area contributed by atoms with Crippen molar-refractivity contribution in [3.63, 3.8) is 0 Å². The van der Waals surface area contributed by atoms with Crippen LogP contribution in [0.25, 0.3) is 0 Å². The van der Waals surface area contributed by atoms with Crippen molar-refractivity contribution < 1.29 is 24.4 Å². The molecule has 0 bridgehead atoms. The molecule has 21 heavy (non-hydrogen) atoms. The lowest BCUT2D eigenvalue weighted by atomic mass is 10.4. The quantitative estimate of drug-likeness (QED) is 0.236. The third-order valence-corrected chi connectivity index (χ3v) is 3.56. The van der Waals surface area contributed by atoms with Gasteiger partial charge >= 0.3 is 0 Å². The molecule has 0 aromatic carbocycles. The van der Waals surface area contributed by atoms with Gasteiger partial charge in [-0.15, -0.1) is 11.6 Å². The van der Waals surface area contributed by atoms with E-state index in [1.807, 2.05) is 0 Å². The maximum absolute atomic E-state index is 9.18. The number of alkyl halides is 1. The predicted molar refractivity (Wildman–Crippen MR) is 98.0 cm³/mol. The first-order valence-corrected chi connectivity index (χ1v) is 12.5. The molecule has 1 atom stereocenters. The molecule has 5 nitrogen and oxygen atoms in total. The fraction of sp³-hybridized carbons (Fsp3) is 1.00. The Morgan fingerprint density at radius 2 is 1.57 bits per heavy atom. The van der Waals surface area contributed by atoms with Crippen molar-refractivity contribution in [3.8, 4) is 0 Å². The van der Waals surface area contributed by atoms with Gasteiger partial charge in [0.1, 0.15) is 6.10 Å². The molecule has 2 N–H and O–H groups in total. The van der Waals surface area contributed by atoms with Gasteiger partial charge in [0.15, 0.2) is 0 Å². The van der Waals surface area contributed by atoms with Crippen molar-refractivity contribution in [1.29, 1.82) is 0 Å². The normalized spacial score (nSPS) is 17.6. The minimum atomic E-state index is -0.571. The minimum absolute atomic E-state index is 0.106. The highest BCUT2D eigenvalue weighted by Gasteiger charge is 2.19. The Morgan fingerprint density at radius 1 is 1.14 bits per heavy atom. The lowest BCUT2D eigenvalue weighted by molar-refractivity contribution is 0.00234. The van der Waals surface area contributed by atoms with Crippen LogP contribution in [0.15, 0.2) is 0 Å². The van der Waals surface area contributed by atoms with Crippen LogP contribution in [0.2, 0.25) is 0 Å². The Morgan fingerprint density at radius 3 is 1.76 bits per heavy atom. The summed E-state index contributed by atoms with van der Waals surface area (Å²) in [5.41, 5.74) is 0. The van der Waals surface area contributed by atoms with Gasteiger partial charge in [-0.05, 0) is 0 Å². The maximum atomic E-state index is 9.18. The summed E-state index contributed by atoms with van der Waals surface area (Å²) >= 11 is 18.8. The van der Waals surface area contributed by atoms with Gasteiger partial charge in [0.25, 0.3) is 0 Å². The Labute approximate surface area is 150 Å². The van der Waals surface area contributed by atoms with Gasteiger partial charge in [-0.3, -0.25) is 0 Å². The fourth-order valence-electron chi connectivity index (χ4n) is 0.657. The van der Waals surface area contributed by atoms with Crippen molar-refractivity contribution in [2.24, 2.45) is 0 Å².